The van der Waals surface area contributed by atoms with Crippen LogP contribution in [0.25, 0.3) is 0 Å². The molecule has 26 heavy (non-hydrogen) atoms. The predicted octanol–water partition coefficient (Wildman–Crippen LogP) is 1.50. The van der Waals surface area contributed by atoms with Crippen molar-refractivity contribution in [1.82, 2.24) is 14.9 Å². The van der Waals surface area contributed by atoms with Crippen LogP contribution in [0.15, 0.2) is 30.6 Å². The van der Waals surface area contributed by atoms with Gasteiger partial charge in [-0.15, -0.1) is 0 Å². The van der Waals surface area contributed by atoms with E-state index in [4.69, 9.17) is 9.47 Å². The SMILES string of the molecule is COc1ccc(NC(=O)c2cnc(N3CCN(C)CC3)nc2)cc1OC. The molecule has 1 fully saturated rings. The van der Waals surface area contributed by atoms with Gasteiger partial charge in [0.1, 0.15) is 0 Å². The third-order valence-electron chi connectivity index (χ3n) is 4.33. The first-order valence-electron chi connectivity index (χ1n) is 8.39. The van der Waals surface area contributed by atoms with Crippen molar-refractivity contribution < 1.29 is 14.3 Å². The van der Waals surface area contributed by atoms with E-state index < -0.39 is 0 Å². The van der Waals surface area contributed by atoms with Crippen LogP contribution in [0.4, 0.5) is 11.6 Å². The summed E-state index contributed by atoms with van der Waals surface area (Å²) in [5.74, 6) is 1.53. The lowest BCUT2D eigenvalue weighted by Gasteiger charge is -2.32. The molecule has 1 aromatic heterocycles. The Morgan fingerprint density at radius 3 is 2.31 bits per heavy atom. The van der Waals surface area contributed by atoms with Gasteiger partial charge in [-0.1, -0.05) is 0 Å². The van der Waals surface area contributed by atoms with Crippen LogP contribution in [-0.2, 0) is 0 Å². The van der Waals surface area contributed by atoms with Crippen LogP contribution in [0.5, 0.6) is 11.5 Å². The molecule has 8 nitrogen and oxygen atoms in total. The molecule has 2 aromatic rings. The zero-order valence-electron chi connectivity index (χ0n) is 15.2. The average molecular weight is 357 g/mol. The van der Waals surface area contributed by atoms with E-state index in [9.17, 15) is 4.79 Å². The third kappa shape index (κ3) is 4.02. The van der Waals surface area contributed by atoms with Crippen LogP contribution in [0, 0.1) is 0 Å². The van der Waals surface area contributed by atoms with Gasteiger partial charge in [-0.2, -0.15) is 0 Å². The maximum Gasteiger partial charge on any atom is 0.258 e. The number of carbonyl (C=O) groups is 1. The van der Waals surface area contributed by atoms with Crippen molar-refractivity contribution in [3.05, 3.63) is 36.2 Å². The van der Waals surface area contributed by atoms with E-state index in [0.717, 1.165) is 26.2 Å². The summed E-state index contributed by atoms with van der Waals surface area (Å²) in [5, 5.41) is 2.81. The maximum absolute atomic E-state index is 12.4. The number of methoxy groups -OCH3 is 2. The van der Waals surface area contributed by atoms with Crippen LogP contribution in [-0.4, -0.2) is 68.2 Å². The van der Waals surface area contributed by atoms with Crippen molar-refractivity contribution in [2.75, 3.05) is 57.7 Å². The molecule has 0 atom stereocenters. The Hall–Kier alpha value is -2.87. The van der Waals surface area contributed by atoms with Gasteiger partial charge in [0, 0.05) is 50.3 Å². The normalized spacial score (nSPS) is 14.8. The van der Waals surface area contributed by atoms with E-state index in [0.29, 0.717) is 28.7 Å². The predicted molar refractivity (Wildman–Crippen MR) is 99.2 cm³/mol. The number of nitrogens with one attached hydrogen (secondary N) is 1. The highest BCUT2D eigenvalue weighted by atomic mass is 16.5. The quantitative estimate of drug-likeness (QED) is 0.868. The van der Waals surface area contributed by atoms with E-state index in [2.05, 4.69) is 32.1 Å². The van der Waals surface area contributed by atoms with Crippen LogP contribution in [0.3, 0.4) is 0 Å². The smallest absolute Gasteiger partial charge is 0.258 e. The Balaban J connectivity index is 1.66. The zero-order chi connectivity index (χ0) is 18.5. The molecule has 1 aliphatic heterocycles. The summed E-state index contributed by atoms with van der Waals surface area (Å²) in [5.41, 5.74) is 1.01. The minimum absolute atomic E-state index is 0.276. The van der Waals surface area contributed by atoms with E-state index in [1.807, 2.05) is 0 Å². The summed E-state index contributed by atoms with van der Waals surface area (Å²) >= 11 is 0. The van der Waals surface area contributed by atoms with Gasteiger partial charge in [0.15, 0.2) is 11.5 Å². The topological polar surface area (TPSA) is 79.8 Å². The van der Waals surface area contributed by atoms with E-state index in [1.165, 1.54) is 0 Å². The van der Waals surface area contributed by atoms with Crippen LogP contribution >= 0.6 is 0 Å². The first-order valence-corrected chi connectivity index (χ1v) is 8.39. The summed E-state index contributed by atoms with van der Waals surface area (Å²) in [6, 6.07) is 5.19. The van der Waals surface area contributed by atoms with Crippen LogP contribution in [0.2, 0.25) is 0 Å². The molecular weight excluding hydrogens is 334 g/mol. The minimum Gasteiger partial charge on any atom is -0.493 e. The number of carbonyl (C=O) groups excluding carboxylic acids is 1. The van der Waals surface area contributed by atoms with E-state index in [-0.39, 0.29) is 5.91 Å². The standard InChI is InChI=1S/C18H23N5O3/c1-22-6-8-23(9-7-22)18-19-11-13(12-20-18)17(24)21-14-4-5-15(25-2)16(10-14)26-3/h4-5,10-12H,6-9H2,1-3H3,(H,21,24). The van der Waals surface area contributed by atoms with Gasteiger partial charge < -0.3 is 24.6 Å². The molecule has 1 aliphatic rings. The van der Waals surface area contributed by atoms with Crippen molar-refractivity contribution in [1.29, 1.82) is 0 Å². The molecule has 0 bridgehead atoms. The Morgan fingerprint density at radius 2 is 1.69 bits per heavy atom. The lowest BCUT2D eigenvalue weighted by atomic mass is 10.2. The molecule has 0 aliphatic carbocycles. The summed E-state index contributed by atoms with van der Waals surface area (Å²) in [6.45, 7) is 3.72. The Kier molecular flexibility index (Phi) is 5.52. The second kappa shape index (κ2) is 8.01. The fourth-order valence-corrected chi connectivity index (χ4v) is 2.73. The molecule has 1 saturated heterocycles. The van der Waals surface area contributed by atoms with Gasteiger partial charge in [-0.05, 0) is 19.2 Å². The highest BCUT2D eigenvalue weighted by Crippen LogP contribution is 2.29. The largest absolute Gasteiger partial charge is 0.493 e. The van der Waals surface area contributed by atoms with Gasteiger partial charge in [0.05, 0.1) is 19.8 Å². The number of ether oxygens (including phenoxy) is 2. The zero-order valence-corrected chi connectivity index (χ0v) is 15.2. The molecule has 8 heteroatoms. The summed E-state index contributed by atoms with van der Waals surface area (Å²) in [6.07, 6.45) is 3.10. The number of anilines is 2. The number of hydrogen-bond donors (Lipinski definition) is 1. The first kappa shape index (κ1) is 17.9. The van der Waals surface area contributed by atoms with Gasteiger partial charge in [-0.25, -0.2) is 9.97 Å². The van der Waals surface area contributed by atoms with Crippen LogP contribution < -0.4 is 19.7 Å². The number of rotatable bonds is 5. The van der Waals surface area contributed by atoms with Crippen LogP contribution in [0.1, 0.15) is 10.4 Å². The fourth-order valence-electron chi connectivity index (χ4n) is 2.73. The highest BCUT2D eigenvalue weighted by molar-refractivity contribution is 6.04. The van der Waals surface area contributed by atoms with Crippen molar-refractivity contribution >= 4 is 17.5 Å². The Labute approximate surface area is 152 Å². The Morgan fingerprint density at radius 1 is 1.04 bits per heavy atom. The summed E-state index contributed by atoms with van der Waals surface area (Å²) in [4.78, 5) is 25.5. The summed E-state index contributed by atoms with van der Waals surface area (Å²) in [7, 11) is 5.21. The van der Waals surface area contributed by atoms with Crippen molar-refractivity contribution in [2.24, 2.45) is 0 Å². The summed E-state index contributed by atoms with van der Waals surface area (Å²) < 4.78 is 10.4. The average Bonchev–Trinajstić information content (AvgIpc) is 2.68. The number of aromatic nitrogens is 2. The number of benzene rings is 1. The highest BCUT2D eigenvalue weighted by Gasteiger charge is 2.17. The number of hydrogen-bond acceptors (Lipinski definition) is 7. The molecule has 0 radical (unpaired) electrons. The molecule has 138 valence electrons. The molecule has 1 N–H and O–H groups in total. The maximum atomic E-state index is 12.4. The second-order valence-corrected chi connectivity index (χ2v) is 6.09. The van der Waals surface area contributed by atoms with Crippen molar-refractivity contribution in [2.45, 2.75) is 0 Å². The van der Waals surface area contributed by atoms with Crippen molar-refractivity contribution in [3.8, 4) is 11.5 Å². The molecule has 3 rings (SSSR count). The Bertz CT molecular complexity index is 758. The lowest BCUT2D eigenvalue weighted by Crippen LogP contribution is -2.45. The first-order chi connectivity index (χ1) is 12.6. The molecule has 0 saturated carbocycles. The number of piperazine rings is 1. The van der Waals surface area contributed by atoms with Gasteiger partial charge in [-0.3, -0.25) is 4.79 Å². The minimum atomic E-state index is -0.276. The van der Waals surface area contributed by atoms with Gasteiger partial charge in [0.25, 0.3) is 5.91 Å². The molecule has 0 unspecified atom stereocenters. The molecule has 1 amide bonds. The van der Waals surface area contributed by atoms with E-state index in [1.54, 1.807) is 44.8 Å². The number of amides is 1. The molecule has 2 heterocycles. The molecule has 0 spiro atoms. The monoisotopic (exact) mass is 357 g/mol. The van der Waals surface area contributed by atoms with Gasteiger partial charge >= 0.3 is 0 Å². The molecular formula is C18H23N5O3. The second-order valence-electron chi connectivity index (χ2n) is 6.09. The number of nitrogens with zero attached hydrogens (tertiary/aromatic N) is 4. The number of likely N-dealkylation sites (N-methyl/N-ethyl adjacent to an activating group) is 1. The van der Waals surface area contributed by atoms with Crippen molar-refractivity contribution in [3.63, 3.8) is 0 Å². The van der Waals surface area contributed by atoms with E-state index >= 15 is 0 Å². The fraction of sp³-hybridized carbons (Fsp3) is 0.389. The third-order valence-corrected chi connectivity index (χ3v) is 4.33. The van der Waals surface area contributed by atoms with Gasteiger partial charge in [0.2, 0.25) is 5.95 Å². The molecule has 1 aromatic carbocycles. The lowest BCUT2D eigenvalue weighted by molar-refractivity contribution is 0.102.